The van der Waals surface area contributed by atoms with E-state index in [0.717, 1.165) is 65.7 Å². The van der Waals surface area contributed by atoms with Crippen LogP contribution in [0, 0.1) is 11.8 Å². The van der Waals surface area contributed by atoms with E-state index in [1.54, 1.807) is 12.1 Å². The van der Waals surface area contributed by atoms with Gasteiger partial charge in [-0.25, -0.2) is 13.2 Å². The number of carboxylic acids is 1. The highest BCUT2D eigenvalue weighted by molar-refractivity contribution is 7.93. The molecule has 2 aromatic carbocycles. The third-order valence-electron chi connectivity index (χ3n) is 11.2. The molecule has 2 bridgehead atoms. The van der Waals surface area contributed by atoms with Crippen molar-refractivity contribution in [1.82, 2.24) is 4.90 Å². The Bertz CT molecular complexity index is 1760. The molecule has 4 atom stereocenters. The standard InChI is InChI=1S/C31H37N5O7S.2ClH/c1-18-22(29(31(40)41)34-27(18)25(19(2)37)30(34)39)16-33-28-21(7-6-20-4-3-5-23(26(20)28)44(33,42)43)8-9-35-10-13-36(14-11-35,15-12-35)17-24(32)38;;/h3-7,18-19,25,27,37H,8-17H2,1-2H3,(H-2,32,38,40,41);2*1H/t18-,19+,25+,27+,35?,36?;;/m0../s1. The van der Waals surface area contributed by atoms with Crippen molar-refractivity contribution < 1.29 is 66.8 Å². The molecule has 250 valence electrons. The Balaban J connectivity index is 0.00000208. The third-order valence-corrected chi connectivity index (χ3v) is 13.0. The first-order valence-electron chi connectivity index (χ1n) is 15.3. The number of benzene rings is 2. The van der Waals surface area contributed by atoms with Gasteiger partial charge in [0.2, 0.25) is 5.91 Å². The molecule has 2 aromatic rings. The number of amides is 2. The maximum atomic E-state index is 14.2. The lowest BCUT2D eigenvalue weighted by Gasteiger charge is -2.55. The van der Waals surface area contributed by atoms with Crippen LogP contribution in [0.5, 0.6) is 0 Å². The van der Waals surface area contributed by atoms with Crippen LogP contribution < -0.4 is 34.9 Å². The summed E-state index contributed by atoms with van der Waals surface area (Å²) in [5.74, 6) is -3.17. The summed E-state index contributed by atoms with van der Waals surface area (Å²) in [5.41, 5.74) is 7.21. The van der Waals surface area contributed by atoms with Crippen LogP contribution in [-0.4, -0.2) is 121 Å². The highest BCUT2D eigenvalue weighted by Crippen LogP contribution is 2.50. The summed E-state index contributed by atoms with van der Waals surface area (Å²) in [5, 5.41) is 21.9. The number of carbonyl (C=O) groups excluding carboxylic acids is 2. The van der Waals surface area contributed by atoms with Crippen LogP contribution in [0.25, 0.3) is 10.8 Å². The minimum Gasteiger partial charge on any atom is -1.00 e. The first kappa shape index (κ1) is 34.4. The molecule has 0 unspecified atom stereocenters. The largest absolute Gasteiger partial charge is 1.00 e. The van der Waals surface area contributed by atoms with Gasteiger partial charge in [-0.15, -0.1) is 0 Å². The summed E-state index contributed by atoms with van der Waals surface area (Å²) < 4.78 is 31.3. The number of aliphatic hydroxyl groups excluding tert-OH is 1. The summed E-state index contributed by atoms with van der Waals surface area (Å²) in [6.45, 7) is 9.83. The molecule has 4 fully saturated rings. The molecule has 0 aliphatic carbocycles. The van der Waals surface area contributed by atoms with Crippen molar-refractivity contribution >= 4 is 44.3 Å². The fraction of sp³-hybridized carbons (Fsp3) is 0.516. The zero-order valence-corrected chi connectivity index (χ0v) is 28.1. The first-order chi connectivity index (χ1) is 20.8. The summed E-state index contributed by atoms with van der Waals surface area (Å²) in [7, 11) is -4.01. The highest BCUT2D eigenvalue weighted by atomic mass is 35.5. The highest BCUT2D eigenvalue weighted by Gasteiger charge is 2.60. The molecule has 46 heavy (non-hydrogen) atoms. The SMILES string of the molecule is C[C@@H](O)[C@H]1C(=O)N2C(C(=O)O)=C(CN3c4c(CC[N+]56CC[N+](CC(N)=O)(CC5)CC6)ccc5cccc(c45)S3(=O)=O)[C@H](C)[C@H]12.[Cl-].[Cl-]. The number of nitrogens with zero attached hydrogens (tertiary/aromatic N) is 4. The van der Waals surface area contributed by atoms with Gasteiger partial charge in [-0.2, -0.15) is 0 Å². The molecule has 6 heterocycles. The normalized spacial score (nSPS) is 30.8. The van der Waals surface area contributed by atoms with Gasteiger partial charge in [-0.05, 0) is 29.5 Å². The van der Waals surface area contributed by atoms with Crippen molar-refractivity contribution in [3.63, 3.8) is 0 Å². The molecule has 6 aliphatic heterocycles. The number of halogens is 2. The second-order valence-corrected chi connectivity index (χ2v) is 15.3. The smallest absolute Gasteiger partial charge is 0.352 e. The van der Waals surface area contributed by atoms with Crippen molar-refractivity contribution in [3.8, 4) is 0 Å². The topological polar surface area (TPSA) is 158 Å². The Morgan fingerprint density at radius 3 is 2.26 bits per heavy atom. The number of rotatable bonds is 9. The lowest BCUT2D eigenvalue weighted by molar-refractivity contribution is -1.08. The zero-order chi connectivity index (χ0) is 31.3. The average Bonchev–Trinajstić information content (AvgIpc) is 3.35. The number of sulfonamides is 1. The number of hydrogen-bond donors (Lipinski definition) is 3. The predicted molar refractivity (Wildman–Crippen MR) is 160 cm³/mol. The van der Waals surface area contributed by atoms with Crippen molar-refractivity contribution in [2.45, 2.75) is 37.3 Å². The number of nitrogens with two attached hydrogens (primary N) is 1. The number of carboxylic acid groups (broad SMARTS) is 1. The van der Waals surface area contributed by atoms with Crippen LogP contribution in [0.2, 0.25) is 0 Å². The van der Waals surface area contributed by atoms with Gasteiger partial charge < -0.3 is 54.6 Å². The summed E-state index contributed by atoms with van der Waals surface area (Å²) >= 11 is 0. The van der Waals surface area contributed by atoms with Crippen molar-refractivity contribution in [1.29, 1.82) is 0 Å². The fourth-order valence-electron chi connectivity index (χ4n) is 8.69. The van der Waals surface area contributed by atoms with Gasteiger partial charge in [0.05, 0.1) is 41.7 Å². The van der Waals surface area contributed by atoms with Crippen LogP contribution in [0.15, 0.2) is 46.5 Å². The Labute approximate surface area is 280 Å². The second-order valence-electron chi connectivity index (χ2n) is 13.5. The number of hydrogen-bond acceptors (Lipinski definition) is 6. The van der Waals surface area contributed by atoms with E-state index in [4.69, 9.17) is 5.73 Å². The van der Waals surface area contributed by atoms with Gasteiger partial charge in [-0.1, -0.05) is 31.2 Å². The number of fused-ring (bicyclic) bond motifs is 4. The average molecular weight is 697 g/mol. The number of β-lactam (4-membered cyclic amide) rings is 1. The molecule has 0 spiro atoms. The van der Waals surface area contributed by atoms with Gasteiger partial charge in [0.15, 0.2) is 6.54 Å². The van der Waals surface area contributed by atoms with Gasteiger partial charge in [-0.3, -0.25) is 13.9 Å². The minimum atomic E-state index is -4.01. The Kier molecular flexibility index (Phi) is 8.70. The molecule has 2 amide bonds. The quantitative estimate of drug-likeness (QED) is 0.174. The molecule has 8 rings (SSSR count). The van der Waals surface area contributed by atoms with E-state index in [1.165, 1.54) is 16.1 Å². The number of aliphatic carboxylic acids is 1. The number of anilines is 1. The van der Waals surface area contributed by atoms with Gasteiger partial charge in [0.1, 0.15) is 45.0 Å². The Hall–Kier alpha value is -2.94. The first-order valence-corrected chi connectivity index (χ1v) is 16.8. The molecule has 0 aromatic heterocycles. The maximum Gasteiger partial charge on any atom is 0.352 e. The molecule has 12 nitrogen and oxygen atoms in total. The van der Waals surface area contributed by atoms with E-state index in [2.05, 4.69) is 0 Å². The number of piperazine rings is 3. The van der Waals surface area contributed by atoms with Gasteiger partial charge >= 0.3 is 5.97 Å². The van der Waals surface area contributed by atoms with Crippen molar-refractivity contribution in [2.75, 3.05) is 63.2 Å². The van der Waals surface area contributed by atoms with E-state index < -0.39 is 45.9 Å². The molecule has 0 saturated carbocycles. The summed E-state index contributed by atoms with van der Waals surface area (Å²) in [6.07, 6.45) is -0.309. The molecular weight excluding hydrogens is 657 g/mol. The minimum absolute atomic E-state index is 0. The summed E-state index contributed by atoms with van der Waals surface area (Å²) in [6, 6.07) is 8.62. The molecule has 15 heteroatoms. The monoisotopic (exact) mass is 695 g/mol. The Morgan fingerprint density at radius 2 is 1.67 bits per heavy atom. The van der Waals surface area contributed by atoms with E-state index >= 15 is 0 Å². The van der Waals surface area contributed by atoms with E-state index in [-0.39, 0.29) is 47.9 Å². The number of primary amides is 1. The van der Waals surface area contributed by atoms with Gasteiger partial charge in [0, 0.05) is 17.7 Å². The zero-order valence-electron chi connectivity index (χ0n) is 25.7. The predicted octanol–water partition coefficient (Wildman–Crippen LogP) is -5.76. The van der Waals surface area contributed by atoms with Crippen LogP contribution >= 0.6 is 0 Å². The van der Waals surface area contributed by atoms with Crippen LogP contribution in [0.4, 0.5) is 5.69 Å². The van der Waals surface area contributed by atoms with Crippen molar-refractivity contribution in [2.24, 2.45) is 17.6 Å². The lowest BCUT2D eigenvalue weighted by atomic mass is 9.77. The van der Waals surface area contributed by atoms with Crippen LogP contribution in [0.1, 0.15) is 19.4 Å². The molecule has 0 radical (unpaired) electrons. The lowest BCUT2D eigenvalue weighted by Crippen LogP contribution is -3.00. The molecular formula is C31H39Cl2N5O7S. The van der Waals surface area contributed by atoms with Crippen molar-refractivity contribution in [3.05, 3.63) is 47.2 Å². The van der Waals surface area contributed by atoms with E-state index in [9.17, 15) is 33.0 Å². The third kappa shape index (κ3) is 4.89. The maximum absolute atomic E-state index is 14.2. The van der Waals surface area contributed by atoms with Crippen LogP contribution in [0.3, 0.4) is 0 Å². The molecule has 4 saturated heterocycles. The van der Waals surface area contributed by atoms with E-state index in [0.29, 0.717) is 29.6 Å². The summed E-state index contributed by atoms with van der Waals surface area (Å²) in [4.78, 5) is 38.5. The molecule has 4 N–H and O–H groups in total. The number of aliphatic hydroxyl groups is 1. The molecule has 6 aliphatic rings. The van der Waals surface area contributed by atoms with Crippen LogP contribution in [-0.2, 0) is 30.8 Å². The van der Waals surface area contributed by atoms with E-state index in [1.807, 2.05) is 25.1 Å². The Morgan fingerprint density at radius 1 is 1.04 bits per heavy atom. The second kappa shape index (κ2) is 11.6. The number of quaternary nitrogens is 2. The van der Waals surface area contributed by atoms with Gasteiger partial charge in [0.25, 0.3) is 15.9 Å². The fourth-order valence-corrected chi connectivity index (χ4v) is 10.4. The number of carbonyl (C=O) groups is 3.